The molecule has 0 radical (unpaired) electrons. The Balaban J connectivity index is 3.35. The summed E-state index contributed by atoms with van der Waals surface area (Å²) in [5.74, 6) is 0. The van der Waals surface area contributed by atoms with Crippen LogP contribution in [0.4, 0.5) is 0 Å². The zero-order chi connectivity index (χ0) is 6.24. The molecule has 0 spiro atoms. The highest BCUT2D eigenvalue weighted by atomic mass is 14.7. The lowest BCUT2D eigenvalue weighted by Crippen LogP contribution is -1.69. The monoisotopic (exact) mass is 110 g/mol. The molecule has 0 atom stereocenters. The minimum atomic E-state index is 1.64. The number of aliphatic imine (C=N–C) groups is 2. The SMILES string of the molecule is C\C=C/N=C\C=N\C. The van der Waals surface area contributed by atoms with Crippen LogP contribution in [-0.2, 0) is 0 Å². The van der Waals surface area contributed by atoms with Gasteiger partial charge in [0.25, 0.3) is 0 Å². The maximum atomic E-state index is 3.82. The zero-order valence-corrected chi connectivity index (χ0v) is 5.20. The van der Waals surface area contributed by atoms with Crippen molar-refractivity contribution in [3.8, 4) is 0 Å². The van der Waals surface area contributed by atoms with Crippen LogP contribution >= 0.6 is 0 Å². The summed E-state index contributed by atoms with van der Waals surface area (Å²) in [7, 11) is 1.71. The van der Waals surface area contributed by atoms with Crippen LogP contribution in [-0.4, -0.2) is 19.5 Å². The Morgan fingerprint density at radius 2 is 2.00 bits per heavy atom. The fourth-order valence-corrected chi connectivity index (χ4v) is 0.241. The van der Waals surface area contributed by atoms with Gasteiger partial charge < -0.3 is 0 Å². The van der Waals surface area contributed by atoms with Gasteiger partial charge in [-0.2, -0.15) is 0 Å². The number of allylic oxidation sites excluding steroid dienone is 1. The van der Waals surface area contributed by atoms with E-state index in [-0.39, 0.29) is 0 Å². The van der Waals surface area contributed by atoms with Crippen LogP contribution in [0.25, 0.3) is 0 Å². The quantitative estimate of drug-likeness (QED) is 0.478. The highest BCUT2D eigenvalue weighted by Crippen LogP contribution is 1.67. The van der Waals surface area contributed by atoms with Crippen molar-refractivity contribution in [2.24, 2.45) is 9.98 Å². The average Bonchev–Trinajstić information content (AvgIpc) is 1.81. The molecule has 0 aliphatic carbocycles. The van der Waals surface area contributed by atoms with Gasteiger partial charge in [0.05, 0.1) is 0 Å². The molecule has 0 amide bonds. The summed E-state index contributed by atoms with van der Waals surface area (Å²) in [5.41, 5.74) is 0. The van der Waals surface area contributed by atoms with Crippen LogP contribution < -0.4 is 0 Å². The van der Waals surface area contributed by atoms with E-state index in [4.69, 9.17) is 0 Å². The first-order valence-electron chi connectivity index (χ1n) is 2.47. The van der Waals surface area contributed by atoms with Crippen molar-refractivity contribution in [3.63, 3.8) is 0 Å². The number of nitrogens with zero attached hydrogens (tertiary/aromatic N) is 2. The predicted molar refractivity (Wildman–Crippen MR) is 37.7 cm³/mol. The molecule has 0 aliphatic rings. The Labute approximate surface area is 49.7 Å². The molecule has 8 heavy (non-hydrogen) atoms. The van der Waals surface area contributed by atoms with E-state index >= 15 is 0 Å². The van der Waals surface area contributed by atoms with Crippen LogP contribution in [0.15, 0.2) is 22.3 Å². The zero-order valence-electron chi connectivity index (χ0n) is 5.20. The van der Waals surface area contributed by atoms with Gasteiger partial charge in [0.15, 0.2) is 0 Å². The maximum Gasteiger partial charge on any atom is 0.0446 e. The van der Waals surface area contributed by atoms with Gasteiger partial charge in [-0.25, -0.2) is 0 Å². The molecule has 2 nitrogen and oxygen atoms in total. The molecule has 0 saturated carbocycles. The smallest absolute Gasteiger partial charge is 0.0446 e. The molecule has 0 fully saturated rings. The van der Waals surface area contributed by atoms with Gasteiger partial charge in [-0.15, -0.1) is 0 Å². The van der Waals surface area contributed by atoms with E-state index in [2.05, 4.69) is 9.98 Å². The molecule has 0 aliphatic heterocycles. The van der Waals surface area contributed by atoms with Crippen molar-refractivity contribution in [1.82, 2.24) is 0 Å². The van der Waals surface area contributed by atoms with E-state index in [1.807, 2.05) is 13.0 Å². The third-order valence-electron chi connectivity index (χ3n) is 0.537. The Morgan fingerprint density at radius 3 is 2.50 bits per heavy atom. The molecule has 0 saturated heterocycles. The van der Waals surface area contributed by atoms with Gasteiger partial charge in [-0.3, -0.25) is 9.98 Å². The Morgan fingerprint density at radius 1 is 1.25 bits per heavy atom. The van der Waals surface area contributed by atoms with Crippen molar-refractivity contribution in [2.45, 2.75) is 6.92 Å². The molecule has 0 rings (SSSR count). The fourth-order valence-electron chi connectivity index (χ4n) is 0.241. The van der Waals surface area contributed by atoms with Crippen molar-refractivity contribution in [1.29, 1.82) is 0 Å². The largest absolute Gasteiger partial charge is 0.295 e. The second-order valence-electron chi connectivity index (χ2n) is 1.19. The first-order chi connectivity index (χ1) is 3.91. The molecule has 0 bridgehead atoms. The Kier molecular flexibility index (Phi) is 5.38. The normalized spacial score (nSPS) is 12.8. The average molecular weight is 110 g/mol. The van der Waals surface area contributed by atoms with Crippen molar-refractivity contribution < 1.29 is 0 Å². The highest BCUT2D eigenvalue weighted by molar-refractivity contribution is 6.16. The third kappa shape index (κ3) is 5.08. The van der Waals surface area contributed by atoms with E-state index in [1.165, 1.54) is 0 Å². The fraction of sp³-hybridized carbons (Fsp3) is 0.333. The minimum absolute atomic E-state index is 1.64. The maximum absolute atomic E-state index is 3.82. The molecular formula is C6H10N2. The van der Waals surface area contributed by atoms with E-state index < -0.39 is 0 Å². The van der Waals surface area contributed by atoms with E-state index in [0.29, 0.717) is 0 Å². The van der Waals surface area contributed by atoms with Gasteiger partial charge >= 0.3 is 0 Å². The summed E-state index contributed by atoms with van der Waals surface area (Å²) in [6.45, 7) is 1.92. The van der Waals surface area contributed by atoms with E-state index in [9.17, 15) is 0 Å². The molecule has 0 aromatic heterocycles. The van der Waals surface area contributed by atoms with Gasteiger partial charge in [-0.1, -0.05) is 6.08 Å². The lowest BCUT2D eigenvalue weighted by atomic mass is 10.7. The Bertz CT molecular complexity index is 97.7. The summed E-state index contributed by atoms with van der Waals surface area (Å²) in [6.07, 6.45) is 6.85. The lowest BCUT2D eigenvalue weighted by Gasteiger charge is -1.69. The third-order valence-corrected chi connectivity index (χ3v) is 0.537. The second-order valence-corrected chi connectivity index (χ2v) is 1.19. The van der Waals surface area contributed by atoms with E-state index in [1.54, 1.807) is 25.7 Å². The molecular weight excluding hydrogens is 100 g/mol. The molecule has 2 heteroatoms. The van der Waals surface area contributed by atoms with Gasteiger partial charge in [-0.05, 0) is 6.92 Å². The Hall–Kier alpha value is -0.920. The van der Waals surface area contributed by atoms with Crippen molar-refractivity contribution in [3.05, 3.63) is 12.3 Å². The summed E-state index contributed by atoms with van der Waals surface area (Å²) < 4.78 is 0. The molecule has 0 aromatic rings. The highest BCUT2D eigenvalue weighted by Gasteiger charge is 1.56. The van der Waals surface area contributed by atoms with Crippen LogP contribution in [0, 0.1) is 0 Å². The standard InChI is InChI=1S/C6H10N2/c1-3-4-8-6-5-7-2/h3-6H,1-2H3/b4-3-,7-5+,8-6-. The van der Waals surface area contributed by atoms with Crippen LogP contribution in [0.5, 0.6) is 0 Å². The summed E-state index contributed by atoms with van der Waals surface area (Å²) in [5, 5.41) is 0. The topological polar surface area (TPSA) is 24.7 Å². The molecule has 0 heterocycles. The summed E-state index contributed by atoms with van der Waals surface area (Å²) in [6, 6.07) is 0. The van der Waals surface area contributed by atoms with Crippen molar-refractivity contribution >= 4 is 12.4 Å². The molecule has 0 unspecified atom stereocenters. The molecule has 0 aromatic carbocycles. The first kappa shape index (κ1) is 7.08. The van der Waals surface area contributed by atoms with Gasteiger partial charge in [0.1, 0.15) is 0 Å². The van der Waals surface area contributed by atoms with Crippen molar-refractivity contribution in [2.75, 3.05) is 7.05 Å². The first-order valence-corrected chi connectivity index (χ1v) is 2.47. The predicted octanol–water partition coefficient (Wildman–Crippen LogP) is 1.29. The van der Waals surface area contributed by atoms with E-state index in [0.717, 1.165) is 0 Å². The summed E-state index contributed by atoms with van der Waals surface area (Å²) in [4.78, 5) is 7.52. The minimum Gasteiger partial charge on any atom is -0.295 e. The molecule has 44 valence electrons. The van der Waals surface area contributed by atoms with Gasteiger partial charge in [0, 0.05) is 25.7 Å². The second kappa shape index (κ2) is 6.08. The summed E-state index contributed by atoms with van der Waals surface area (Å²) >= 11 is 0. The van der Waals surface area contributed by atoms with Gasteiger partial charge in [0.2, 0.25) is 0 Å². The van der Waals surface area contributed by atoms with Crippen LogP contribution in [0.1, 0.15) is 6.92 Å². The number of rotatable bonds is 2. The lowest BCUT2D eigenvalue weighted by molar-refractivity contribution is 1.48. The number of hydrogen-bond acceptors (Lipinski definition) is 2. The molecule has 0 N–H and O–H groups in total. The number of hydrogen-bond donors (Lipinski definition) is 0. The van der Waals surface area contributed by atoms with Crippen LogP contribution in [0.2, 0.25) is 0 Å². The van der Waals surface area contributed by atoms with Crippen LogP contribution in [0.3, 0.4) is 0 Å².